The fourth-order valence-electron chi connectivity index (χ4n) is 3.71. The maximum absolute atomic E-state index is 8.18. The molecule has 3 aromatic rings. The van der Waals surface area contributed by atoms with Gasteiger partial charge in [-0.1, -0.05) is 71.9 Å². The number of aryl methyl sites for hydroxylation is 3. The van der Waals surface area contributed by atoms with Gasteiger partial charge in [0.1, 0.15) is 7.05 Å². The zero-order valence-electron chi connectivity index (χ0n) is 22.1. The summed E-state index contributed by atoms with van der Waals surface area (Å²) in [5.41, 5.74) is 7.71. The molecule has 0 aliphatic heterocycles. The number of aromatic nitrogens is 1. The molecule has 0 fully saturated rings. The van der Waals surface area contributed by atoms with Gasteiger partial charge in [0.2, 0.25) is 5.69 Å². The second-order valence-corrected chi connectivity index (χ2v) is 10.2. The molecule has 0 saturated heterocycles. The molecule has 0 atom stereocenters. The molecule has 29 heavy (non-hydrogen) atoms. The van der Waals surface area contributed by atoms with Crippen molar-refractivity contribution in [1.82, 2.24) is 0 Å². The third-order valence-electron chi connectivity index (χ3n) is 5.68. The smallest absolute Gasteiger partial charge is 0.201 e. The van der Waals surface area contributed by atoms with Crippen LogP contribution in [0.1, 0.15) is 67.9 Å². The Bertz CT molecular complexity index is 1140. The Morgan fingerprint density at radius 3 is 2.03 bits per heavy atom. The third-order valence-corrected chi connectivity index (χ3v) is 5.68. The highest BCUT2D eigenvalue weighted by Gasteiger charge is 2.21. The standard InChI is InChI=1S/C28H36N/c1-19-15-20(2)25(26-14-13-23(18-29(26)9)28(6,7)8)17-24(19)21-11-10-12-22(16-21)27(3,4)5/h10-18H,1-9H3/q+1/i1D3. The van der Waals surface area contributed by atoms with Crippen molar-refractivity contribution in [3.8, 4) is 22.4 Å². The summed E-state index contributed by atoms with van der Waals surface area (Å²) < 4.78 is 26.7. The Balaban J connectivity index is 2.27. The fraction of sp³-hybridized carbons (Fsp3) is 0.393. The summed E-state index contributed by atoms with van der Waals surface area (Å²) in [5, 5.41) is 0. The lowest BCUT2D eigenvalue weighted by Gasteiger charge is -2.21. The van der Waals surface area contributed by atoms with Crippen molar-refractivity contribution in [2.24, 2.45) is 7.05 Å². The minimum Gasteiger partial charge on any atom is -0.201 e. The maximum atomic E-state index is 8.18. The molecule has 1 heterocycles. The molecule has 0 bridgehead atoms. The summed E-state index contributed by atoms with van der Waals surface area (Å²) in [6, 6.07) is 16.5. The van der Waals surface area contributed by atoms with Gasteiger partial charge in [-0.05, 0) is 64.6 Å². The zero-order chi connectivity index (χ0) is 24.1. The summed E-state index contributed by atoms with van der Waals surface area (Å²) >= 11 is 0. The van der Waals surface area contributed by atoms with Crippen LogP contribution in [0, 0.1) is 13.8 Å². The van der Waals surface area contributed by atoms with Crippen molar-refractivity contribution in [2.45, 2.75) is 66.1 Å². The molecule has 3 rings (SSSR count). The van der Waals surface area contributed by atoms with Gasteiger partial charge in [0.25, 0.3) is 0 Å². The van der Waals surface area contributed by atoms with Gasteiger partial charge < -0.3 is 0 Å². The number of pyridine rings is 1. The number of benzene rings is 2. The lowest BCUT2D eigenvalue weighted by Crippen LogP contribution is -2.33. The Morgan fingerprint density at radius 2 is 1.45 bits per heavy atom. The van der Waals surface area contributed by atoms with E-state index in [0.29, 0.717) is 5.56 Å². The van der Waals surface area contributed by atoms with Gasteiger partial charge in [0.15, 0.2) is 6.20 Å². The lowest BCUT2D eigenvalue weighted by molar-refractivity contribution is -0.661. The third kappa shape index (κ3) is 4.45. The highest BCUT2D eigenvalue weighted by Crippen LogP contribution is 2.34. The molecule has 2 aromatic carbocycles. The molecule has 0 saturated carbocycles. The molecular formula is C28H36N+. The molecule has 0 aliphatic rings. The first-order chi connectivity index (χ1) is 14.6. The van der Waals surface area contributed by atoms with Gasteiger partial charge in [-0.3, -0.25) is 0 Å². The van der Waals surface area contributed by atoms with Gasteiger partial charge in [-0.25, -0.2) is 4.57 Å². The molecular weight excluding hydrogens is 350 g/mol. The highest BCUT2D eigenvalue weighted by molar-refractivity contribution is 5.76. The van der Waals surface area contributed by atoms with Gasteiger partial charge in [0.05, 0.1) is 0 Å². The highest BCUT2D eigenvalue weighted by atomic mass is 14.9. The van der Waals surface area contributed by atoms with Crippen molar-refractivity contribution in [3.63, 3.8) is 0 Å². The van der Waals surface area contributed by atoms with Crippen LogP contribution in [-0.4, -0.2) is 0 Å². The van der Waals surface area contributed by atoms with Crippen LogP contribution in [-0.2, 0) is 17.9 Å². The van der Waals surface area contributed by atoms with Crippen LogP contribution in [0.4, 0.5) is 0 Å². The van der Waals surface area contributed by atoms with E-state index in [0.717, 1.165) is 27.9 Å². The quantitative estimate of drug-likeness (QED) is 0.413. The largest absolute Gasteiger partial charge is 0.212 e. The molecule has 0 radical (unpaired) electrons. The average Bonchev–Trinajstić information content (AvgIpc) is 2.66. The summed E-state index contributed by atoms with van der Waals surface area (Å²) in [5.74, 6) is 0. The van der Waals surface area contributed by atoms with E-state index >= 15 is 0 Å². The zero-order valence-corrected chi connectivity index (χ0v) is 19.1. The maximum Gasteiger partial charge on any atom is 0.212 e. The van der Waals surface area contributed by atoms with Crippen LogP contribution < -0.4 is 4.57 Å². The monoisotopic (exact) mass is 389 g/mol. The predicted octanol–water partition coefficient (Wildman–Crippen LogP) is 7.06. The van der Waals surface area contributed by atoms with Crippen molar-refractivity contribution in [3.05, 3.63) is 77.0 Å². The normalized spacial score (nSPS) is 14.3. The van der Waals surface area contributed by atoms with E-state index in [-0.39, 0.29) is 10.8 Å². The second-order valence-electron chi connectivity index (χ2n) is 10.2. The van der Waals surface area contributed by atoms with Crippen molar-refractivity contribution < 1.29 is 8.68 Å². The summed E-state index contributed by atoms with van der Waals surface area (Å²) in [6.45, 7) is 13.0. The number of hydrogen-bond acceptors (Lipinski definition) is 0. The first kappa shape index (κ1) is 17.4. The number of rotatable bonds is 2. The first-order valence-electron chi connectivity index (χ1n) is 11.9. The van der Waals surface area contributed by atoms with E-state index in [4.69, 9.17) is 4.11 Å². The van der Waals surface area contributed by atoms with E-state index in [2.05, 4.69) is 89.7 Å². The second kappa shape index (κ2) is 7.44. The Morgan fingerprint density at radius 1 is 0.759 bits per heavy atom. The SMILES string of the molecule is [2H]C([2H])([2H])c1cc(C)c(-c2ccc(C(C)(C)C)c[n+]2C)cc1-c1cccc(C(C)(C)C)c1. The average molecular weight is 390 g/mol. The molecule has 1 aromatic heterocycles. The van der Waals surface area contributed by atoms with E-state index in [1.165, 1.54) is 11.1 Å². The molecule has 152 valence electrons. The van der Waals surface area contributed by atoms with Crippen LogP contribution in [0.15, 0.2) is 54.7 Å². The molecule has 0 unspecified atom stereocenters. The first-order valence-corrected chi connectivity index (χ1v) is 10.4. The molecule has 1 nitrogen and oxygen atoms in total. The molecule has 0 amide bonds. The van der Waals surface area contributed by atoms with E-state index in [9.17, 15) is 0 Å². The Labute approximate surface area is 181 Å². The van der Waals surface area contributed by atoms with Crippen LogP contribution in [0.5, 0.6) is 0 Å². The summed E-state index contributed by atoms with van der Waals surface area (Å²) in [4.78, 5) is 0. The van der Waals surface area contributed by atoms with Crippen LogP contribution in [0.25, 0.3) is 22.4 Å². The van der Waals surface area contributed by atoms with Crippen molar-refractivity contribution in [1.29, 1.82) is 0 Å². The lowest BCUT2D eigenvalue weighted by atomic mass is 9.84. The van der Waals surface area contributed by atoms with Gasteiger partial charge in [-0.2, -0.15) is 0 Å². The fourth-order valence-corrected chi connectivity index (χ4v) is 3.71. The van der Waals surface area contributed by atoms with Gasteiger partial charge in [0, 0.05) is 21.3 Å². The molecule has 1 heteroatoms. The van der Waals surface area contributed by atoms with Gasteiger partial charge >= 0.3 is 0 Å². The predicted molar refractivity (Wildman–Crippen MR) is 125 cm³/mol. The van der Waals surface area contributed by atoms with Gasteiger partial charge in [-0.15, -0.1) is 0 Å². The molecule has 0 aliphatic carbocycles. The summed E-state index contributed by atoms with van der Waals surface area (Å²) in [7, 11) is 2.06. The molecule has 0 N–H and O–H groups in total. The van der Waals surface area contributed by atoms with Crippen molar-refractivity contribution in [2.75, 3.05) is 0 Å². The summed E-state index contributed by atoms with van der Waals surface area (Å²) in [6.07, 6.45) is 2.17. The molecule has 0 spiro atoms. The van der Waals surface area contributed by atoms with Crippen LogP contribution in [0.3, 0.4) is 0 Å². The van der Waals surface area contributed by atoms with E-state index in [1.807, 2.05) is 25.1 Å². The Hall–Kier alpha value is -2.41. The van der Waals surface area contributed by atoms with E-state index in [1.54, 1.807) is 0 Å². The minimum atomic E-state index is -2.19. The minimum absolute atomic E-state index is 0.0150. The van der Waals surface area contributed by atoms with E-state index < -0.39 is 6.85 Å². The van der Waals surface area contributed by atoms with Crippen molar-refractivity contribution >= 4 is 0 Å². The van der Waals surface area contributed by atoms with Crippen LogP contribution in [0.2, 0.25) is 0 Å². The van der Waals surface area contributed by atoms with Crippen LogP contribution >= 0.6 is 0 Å². The Kier molecular flexibility index (Phi) is 4.48. The number of hydrogen-bond donors (Lipinski definition) is 0. The topological polar surface area (TPSA) is 3.88 Å². The number of nitrogens with zero attached hydrogens (tertiary/aromatic N) is 1.